The van der Waals surface area contributed by atoms with Crippen LogP contribution < -0.4 is 4.74 Å². The Morgan fingerprint density at radius 1 is 1.42 bits per heavy atom. The Morgan fingerprint density at radius 2 is 2.33 bits per heavy atom. The van der Waals surface area contributed by atoms with Gasteiger partial charge in [0.05, 0.1) is 11.9 Å². The molecule has 1 aliphatic rings. The molecule has 12 heavy (non-hydrogen) atoms. The monoisotopic (exact) mass is 160 g/mol. The molecule has 0 aliphatic carbocycles. The van der Waals surface area contributed by atoms with Crippen molar-refractivity contribution in [3.05, 3.63) is 36.1 Å². The van der Waals surface area contributed by atoms with Crippen LogP contribution in [0.3, 0.4) is 0 Å². The highest BCUT2D eigenvalue weighted by Crippen LogP contribution is 2.27. The second-order valence-electron chi connectivity index (χ2n) is 2.60. The van der Waals surface area contributed by atoms with E-state index in [1.165, 1.54) is 0 Å². The predicted molar refractivity (Wildman–Crippen MR) is 44.7 cm³/mol. The van der Waals surface area contributed by atoms with Gasteiger partial charge in [0.15, 0.2) is 0 Å². The molecule has 1 N–H and O–H groups in total. The number of hydrogen-bond acceptors (Lipinski definition) is 3. The number of hydrogen-bond donors (Lipinski definition) is 1. The maximum atomic E-state index is 6.81. The predicted octanol–water partition coefficient (Wildman–Crippen LogP) is 2.80. The first kappa shape index (κ1) is 7.03. The van der Waals surface area contributed by atoms with Gasteiger partial charge in [0.25, 0.3) is 0 Å². The van der Waals surface area contributed by atoms with Crippen molar-refractivity contribution < 1.29 is 4.74 Å². The van der Waals surface area contributed by atoms with Gasteiger partial charge in [-0.25, -0.2) is 5.53 Å². The molecule has 0 unspecified atom stereocenters. The molecule has 0 atom stereocenters. The molecule has 2 rings (SSSR count). The number of fused-ring (bicyclic) bond motifs is 1. The molecule has 0 fully saturated rings. The van der Waals surface area contributed by atoms with Crippen LogP contribution in [-0.4, -0.2) is 0 Å². The van der Waals surface area contributed by atoms with Crippen molar-refractivity contribution in [3.63, 3.8) is 0 Å². The normalized spacial score (nSPS) is 13.3. The van der Waals surface area contributed by atoms with Gasteiger partial charge in [-0.05, 0) is 24.1 Å². The lowest BCUT2D eigenvalue weighted by atomic mass is 10.1. The van der Waals surface area contributed by atoms with Crippen LogP contribution in [-0.2, 0) is 6.42 Å². The Bertz CT molecular complexity index is 344. The number of rotatable bonds is 1. The van der Waals surface area contributed by atoms with Crippen LogP contribution in [0.4, 0.5) is 5.69 Å². The second kappa shape index (κ2) is 2.77. The molecule has 3 nitrogen and oxygen atoms in total. The lowest BCUT2D eigenvalue weighted by Crippen LogP contribution is -1.94. The van der Waals surface area contributed by atoms with Gasteiger partial charge in [-0.15, -0.1) is 0 Å². The Hall–Kier alpha value is -1.64. The van der Waals surface area contributed by atoms with E-state index in [-0.39, 0.29) is 0 Å². The van der Waals surface area contributed by atoms with Gasteiger partial charge in [0, 0.05) is 6.07 Å². The highest BCUT2D eigenvalue weighted by atomic mass is 16.5. The summed E-state index contributed by atoms with van der Waals surface area (Å²) in [6, 6.07) is 5.52. The second-order valence-corrected chi connectivity index (χ2v) is 2.60. The first-order valence-corrected chi connectivity index (χ1v) is 3.72. The number of ether oxygens (including phenoxy) is 1. The third-order valence-electron chi connectivity index (χ3n) is 1.81. The Labute approximate surface area is 70.2 Å². The van der Waals surface area contributed by atoms with Crippen molar-refractivity contribution in [1.82, 2.24) is 0 Å². The molecule has 1 aromatic carbocycles. The fourth-order valence-electron chi connectivity index (χ4n) is 1.19. The fraction of sp³-hybridized carbons (Fsp3) is 0.111. The Morgan fingerprint density at radius 3 is 3.17 bits per heavy atom. The molecule has 0 saturated heterocycles. The average Bonchev–Trinajstić information content (AvgIpc) is 2.17. The topological polar surface area (TPSA) is 45.4 Å². The van der Waals surface area contributed by atoms with Crippen LogP contribution in [0.15, 0.2) is 35.7 Å². The minimum absolute atomic E-state index is 0.629. The van der Waals surface area contributed by atoms with E-state index in [0.717, 1.165) is 17.7 Å². The highest BCUT2D eigenvalue weighted by Gasteiger charge is 2.06. The molecule has 3 heteroatoms. The summed E-state index contributed by atoms with van der Waals surface area (Å²) in [6.07, 6.45) is 4.52. The quantitative estimate of drug-likeness (QED) is 0.631. The minimum Gasteiger partial charge on any atom is -0.465 e. The van der Waals surface area contributed by atoms with Crippen LogP contribution in [0, 0.1) is 5.53 Å². The van der Waals surface area contributed by atoms with E-state index in [9.17, 15) is 0 Å². The van der Waals surface area contributed by atoms with Gasteiger partial charge in [0.2, 0.25) is 0 Å². The Balaban J connectivity index is 2.46. The molecular formula is C9H8N2O. The van der Waals surface area contributed by atoms with Crippen molar-refractivity contribution in [2.45, 2.75) is 6.42 Å². The summed E-state index contributed by atoms with van der Waals surface area (Å²) in [5, 5.41) is 3.32. The van der Waals surface area contributed by atoms with E-state index in [4.69, 9.17) is 10.3 Å². The van der Waals surface area contributed by atoms with E-state index >= 15 is 0 Å². The first-order chi connectivity index (χ1) is 5.90. The zero-order chi connectivity index (χ0) is 8.39. The van der Waals surface area contributed by atoms with Crippen LogP contribution >= 0.6 is 0 Å². The van der Waals surface area contributed by atoms with Gasteiger partial charge in [0.1, 0.15) is 5.75 Å². The maximum absolute atomic E-state index is 6.81. The molecule has 0 spiro atoms. The van der Waals surface area contributed by atoms with Crippen LogP contribution in [0.1, 0.15) is 5.56 Å². The van der Waals surface area contributed by atoms with E-state index in [1.807, 2.05) is 18.2 Å². The molecule has 0 bridgehead atoms. The van der Waals surface area contributed by atoms with Gasteiger partial charge < -0.3 is 4.74 Å². The van der Waals surface area contributed by atoms with Crippen LogP contribution in [0.5, 0.6) is 5.75 Å². The van der Waals surface area contributed by atoms with E-state index in [2.05, 4.69) is 5.11 Å². The smallest absolute Gasteiger partial charge is 0.132 e. The van der Waals surface area contributed by atoms with E-state index in [1.54, 1.807) is 12.3 Å². The number of nitrogens with one attached hydrogen (secondary N) is 1. The lowest BCUT2D eigenvalue weighted by molar-refractivity contribution is 0.465. The maximum Gasteiger partial charge on any atom is 0.132 e. The van der Waals surface area contributed by atoms with E-state index < -0.39 is 0 Å². The van der Waals surface area contributed by atoms with Gasteiger partial charge >= 0.3 is 0 Å². The molecule has 1 aromatic rings. The number of allylic oxidation sites excluding steroid dienone is 1. The van der Waals surface area contributed by atoms with Crippen molar-refractivity contribution in [3.8, 4) is 5.75 Å². The zero-order valence-corrected chi connectivity index (χ0v) is 6.45. The molecule has 1 heterocycles. The van der Waals surface area contributed by atoms with Crippen molar-refractivity contribution >= 4 is 5.69 Å². The Kier molecular flexibility index (Phi) is 1.63. The summed E-state index contributed by atoms with van der Waals surface area (Å²) in [7, 11) is 0. The van der Waals surface area contributed by atoms with Gasteiger partial charge in [-0.1, -0.05) is 6.07 Å². The summed E-state index contributed by atoms with van der Waals surface area (Å²) in [5.41, 5.74) is 8.58. The SMILES string of the molecule is N=Nc1ccc2c(c1)OC=CC2. The molecular weight excluding hydrogens is 152 g/mol. The minimum atomic E-state index is 0.629. The van der Waals surface area contributed by atoms with Crippen molar-refractivity contribution in [2.75, 3.05) is 0 Å². The third-order valence-corrected chi connectivity index (χ3v) is 1.81. The third kappa shape index (κ3) is 1.09. The van der Waals surface area contributed by atoms with Gasteiger partial charge in [-0.2, -0.15) is 5.11 Å². The number of nitrogens with zero attached hydrogens (tertiary/aromatic N) is 1. The van der Waals surface area contributed by atoms with Crippen molar-refractivity contribution in [2.24, 2.45) is 5.11 Å². The molecule has 0 saturated carbocycles. The first-order valence-electron chi connectivity index (χ1n) is 3.72. The lowest BCUT2D eigenvalue weighted by Gasteiger charge is -2.10. The average molecular weight is 160 g/mol. The molecule has 1 aliphatic heterocycles. The summed E-state index contributed by atoms with van der Waals surface area (Å²) >= 11 is 0. The summed E-state index contributed by atoms with van der Waals surface area (Å²) < 4.78 is 5.24. The molecule has 60 valence electrons. The molecule has 0 aromatic heterocycles. The standard InChI is InChI=1S/C9H8N2O/c10-11-8-4-3-7-2-1-5-12-9(7)6-8/h1,3-6,10H,2H2. The summed E-state index contributed by atoms with van der Waals surface area (Å²) in [6.45, 7) is 0. The zero-order valence-electron chi connectivity index (χ0n) is 6.45. The van der Waals surface area contributed by atoms with Gasteiger partial charge in [-0.3, -0.25) is 0 Å². The summed E-state index contributed by atoms with van der Waals surface area (Å²) in [4.78, 5) is 0. The van der Waals surface area contributed by atoms with Crippen molar-refractivity contribution in [1.29, 1.82) is 5.53 Å². The van der Waals surface area contributed by atoms with Crippen LogP contribution in [0.25, 0.3) is 0 Å². The van der Waals surface area contributed by atoms with E-state index in [0.29, 0.717) is 5.69 Å². The number of benzene rings is 1. The molecule has 0 radical (unpaired) electrons. The summed E-state index contributed by atoms with van der Waals surface area (Å²) in [5.74, 6) is 0.811. The largest absolute Gasteiger partial charge is 0.465 e. The highest BCUT2D eigenvalue weighted by molar-refractivity contribution is 5.49. The fourth-order valence-corrected chi connectivity index (χ4v) is 1.19. The molecule has 0 amide bonds. The van der Waals surface area contributed by atoms with Crippen LogP contribution in [0.2, 0.25) is 0 Å².